The molecular formula is C16H19N3O4. The third kappa shape index (κ3) is 2.10. The highest BCUT2D eigenvalue weighted by Crippen LogP contribution is 2.45. The average molecular weight is 317 g/mol. The zero-order valence-corrected chi connectivity index (χ0v) is 12.8. The Bertz CT molecular complexity index is 715. The van der Waals surface area contributed by atoms with Crippen LogP contribution in [0.5, 0.6) is 0 Å². The lowest BCUT2D eigenvalue weighted by molar-refractivity contribution is -0.139. The Morgan fingerprint density at radius 3 is 3.00 bits per heavy atom. The largest absolute Gasteiger partial charge is 0.351 e. The summed E-state index contributed by atoms with van der Waals surface area (Å²) in [6, 6.07) is 4.75. The minimum absolute atomic E-state index is 0.0206. The maximum absolute atomic E-state index is 12.6. The van der Waals surface area contributed by atoms with Crippen LogP contribution in [-0.4, -0.2) is 57.6 Å². The number of hydrogen-bond donors (Lipinski definition) is 0. The molecule has 1 aromatic rings. The van der Waals surface area contributed by atoms with Crippen molar-refractivity contribution in [3.05, 3.63) is 34.7 Å². The van der Waals surface area contributed by atoms with Crippen LogP contribution in [0.4, 0.5) is 0 Å². The summed E-state index contributed by atoms with van der Waals surface area (Å²) >= 11 is 0. The van der Waals surface area contributed by atoms with E-state index in [1.165, 1.54) is 10.6 Å². The van der Waals surface area contributed by atoms with E-state index in [-0.39, 0.29) is 29.8 Å². The topological polar surface area (TPSA) is 71.9 Å². The summed E-state index contributed by atoms with van der Waals surface area (Å²) in [5, 5.41) is 0. The van der Waals surface area contributed by atoms with Crippen LogP contribution in [0.15, 0.2) is 29.2 Å². The molecule has 3 aliphatic rings. The van der Waals surface area contributed by atoms with Crippen molar-refractivity contribution in [2.45, 2.75) is 37.6 Å². The zero-order valence-electron chi connectivity index (χ0n) is 12.8. The Labute approximate surface area is 133 Å². The van der Waals surface area contributed by atoms with E-state index in [1.54, 1.807) is 28.1 Å². The normalized spacial score (nSPS) is 29.0. The van der Waals surface area contributed by atoms with Crippen molar-refractivity contribution in [2.24, 2.45) is 0 Å². The van der Waals surface area contributed by atoms with Crippen molar-refractivity contribution < 1.29 is 14.3 Å². The van der Waals surface area contributed by atoms with Gasteiger partial charge in [-0.1, -0.05) is 6.07 Å². The lowest BCUT2D eigenvalue weighted by Gasteiger charge is -2.31. The van der Waals surface area contributed by atoms with Crippen LogP contribution in [0.25, 0.3) is 0 Å². The molecule has 0 N–H and O–H groups in total. The summed E-state index contributed by atoms with van der Waals surface area (Å²) < 4.78 is 7.41. The summed E-state index contributed by atoms with van der Waals surface area (Å²) in [5.41, 5.74) is -0.699. The Balaban J connectivity index is 1.47. The van der Waals surface area contributed by atoms with Gasteiger partial charge in [-0.25, -0.2) is 0 Å². The number of rotatable bonds is 3. The first-order chi connectivity index (χ1) is 11.1. The molecule has 1 aromatic heterocycles. The van der Waals surface area contributed by atoms with Crippen LogP contribution >= 0.6 is 0 Å². The van der Waals surface area contributed by atoms with Crippen LogP contribution in [0.1, 0.15) is 19.3 Å². The molecule has 3 aliphatic heterocycles. The van der Waals surface area contributed by atoms with Gasteiger partial charge in [0.1, 0.15) is 0 Å². The van der Waals surface area contributed by atoms with Gasteiger partial charge in [-0.3, -0.25) is 14.4 Å². The number of likely N-dealkylation sites (tertiary alicyclic amines) is 1. The maximum Gasteiger partial charge on any atom is 0.250 e. The first kappa shape index (κ1) is 14.4. The number of carbonyl (C=O) groups is 2. The Morgan fingerprint density at radius 1 is 1.30 bits per heavy atom. The number of carbonyl (C=O) groups excluding carboxylic acids is 2. The van der Waals surface area contributed by atoms with Gasteiger partial charge >= 0.3 is 0 Å². The lowest BCUT2D eigenvalue weighted by Crippen LogP contribution is -2.48. The highest BCUT2D eigenvalue weighted by Gasteiger charge is 2.62. The molecule has 23 heavy (non-hydrogen) atoms. The van der Waals surface area contributed by atoms with Gasteiger partial charge in [0.15, 0.2) is 5.72 Å². The monoisotopic (exact) mass is 317 g/mol. The molecule has 0 aromatic carbocycles. The summed E-state index contributed by atoms with van der Waals surface area (Å²) in [6.07, 6.45) is 2.96. The molecule has 2 atom stereocenters. The molecule has 2 amide bonds. The van der Waals surface area contributed by atoms with Crippen molar-refractivity contribution in [3.63, 3.8) is 0 Å². The summed E-state index contributed by atoms with van der Waals surface area (Å²) in [4.78, 5) is 40.0. The fraction of sp³-hybridized carbons (Fsp3) is 0.562. The number of ether oxygens (including phenoxy) is 1. The van der Waals surface area contributed by atoms with E-state index in [0.717, 1.165) is 0 Å². The first-order valence-electron chi connectivity index (χ1n) is 8.01. The number of amides is 2. The van der Waals surface area contributed by atoms with Crippen LogP contribution in [0.3, 0.4) is 0 Å². The number of aromatic nitrogens is 1. The van der Waals surface area contributed by atoms with E-state index in [9.17, 15) is 14.4 Å². The Morgan fingerprint density at radius 2 is 2.17 bits per heavy atom. The molecule has 0 bridgehead atoms. The standard InChI is InChI=1S/C16H19N3O4/c20-13-3-1-2-6-17(13)7-4-14(21)18-8-5-16-12(18)11-15(22)19(16)9-10-23-16/h1-3,6,12H,4-5,7-11H2/t12-,16+/m1/s1. The van der Waals surface area contributed by atoms with Crippen molar-refractivity contribution >= 4 is 11.8 Å². The van der Waals surface area contributed by atoms with Crippen LogP contribution in [0.2, 0.25) is 0 Å². The van der Waals surface area contributed by atoms with Gasteiger partial charge in [0, 0.05) is 44.7 Å². The quantitative estimate of drug-likeness (QED) is 0.774. The van der Waals surface area contributed by atoms with Crippen molar-refractivity contribution in [3.8, 4) is 0 Å². The van der Waals surface area contributed by atoms with Gasteiger partial charge < -0.3 is 19.1 Å². The first-order valence-corrected chi connectivity index (χ1v) is 8.01. The fourth-order valence-electron chi connectivity index (χ4n) is 4.10. The van der Waals surface area contributed by atoms with Crippen molar-refractivity contribution in [1.29, 1.82) is 0 Å². The summed E-state index contributed by atoms with van der Waals surface area (Å²) in [5.74, 6) is 0.0528. The molecule has 0 radical (unpaired) electrons. The Kier molecular flexibility index (Phi) is 3.26. The van der Waals surface area contributed by atoms with Gasteiger partial charge in [0.2, 0.25) is 11.8 Å². The minimum Gasteiger partial charge on any atom is -0.351 e. The van der Waals surface area contributed by atoms with Crippen LogP contribution in [0, 0.1) is 0 Å². The predicted octanol–water partition coefficient (Wildman–Crippen LogP) is -0.202. The molecule has 3 saturated heterocycles. The third-order valence-electron chi connectivity index (χ3n) is 5.19. The number of pyridine rings is 1. The second-order valence-corrected chi connectivity index (χ2v) is 6.28. The summed E-state index contributed by atoms with van der Waals surface area (Å²) in [6.45, 7) is 2.13. The maximum atomic E-state index is 12.6. The van der Waals surface area contributed by atoms with Gasteiger partial charge in [-0.15, -0.1) is 0 Å². The number of hydrogen-bond acceptors (Lipinski definition) is 4. The second kappa shape index (κ2) is 5.19. The zero-order chi connectivity index (χ0) is 16.0. The van der Waals surface area contributed by atoms with Crippen LogP contribution in [-0.2, 0) is 20.9 Å². The number of aryl methyl sites for hydroxylation is 1. The molecule has 0 saturated carbocycles. The van der Waals surface area contributed by atoms with Crippen LogP contribution < -0.4 is 5.56 Å². The molecule has 7 heteroatoms. The average Bonchev–Trinajstić information content (AvgIpc) is 3.18. The molecule has 0 aliphatic carbocycles. The predicted molar refractivity (Wildman–Crippen MR) is 80.5 cm³/mol. The van der Waals surface area contributed by atoms with E-state index in [2.05, 4.69) is 0 Å². The molecule has 4 heterocycles. The van der Waals surface area contributed by atoms with Gasteiger partial charge in [0.25, 0.3) is 5.56 Å². The molecule has 0 unspecified atom stereocenters. The molecule has 4 rings (SSSR count). The highest BCUT2D eigenvalue weighted by atomic mass is 16.5. The van der Waals surface area contributed by atoms with Crippen molar-refractivity contribution in [2.75, 3.05) is 19.7 Å². The molecule has 3 fully saturated rings. The minimum atomic E-state index is -0.587. The smallest absolute Gasteiger partial charge is 0.250 e. The molecule has 1 spiro atoms. The SMILES string of the molecule is O=C(CCn1ccccc1=O)N1CC[C@@]23OCCN2C(=O)C[C@@H]13. The van der Waals surface area contributed by atoms with Gasteiger partial charge in [0.05, 0.1) is 19.1 Å². The number of nitrogens with zero attached hydrogens (tertiary/aromatic N) is 3. The highest BCUT2D eigenvalue weighted by molar-refractivity contribution is 5.84. The third-order valence-corrected chi connectivity index (χ3v) is 5.19. The van der Waals surface area contributed by atoms with E-state index in [1.807, 2.05) is 0 Å². The molecular weight excluding hydrogens is 298 g/mol. The van der Waals surface area contributed by atoms with Gasteiger partial charge in [-0.05, 0) is 6.07 Å². The lowest BCUT2D eigenvalue weighted by atomic mass is 10.1. The Hall–Kier alpha value is -2.15. The molecule has 122 valence electrons. The van der Waals surface area contributed by atoms with E-state index in [0.29, 0.717) is 39.1 Å². The van der Waals surface area contributed by atoms with E-state index >= 15 is 0 Å². The fourth-order valence-corrected chi connectivity index (χ4v) is 4.10. The van der Waals surface area contributed by atoms with Gasteiger partial charge in [-0.2, -0.15) is 0 Å². The van der Waals surface area contributed by atoms with E-state index < -0.39 is 5.72 Å². The molecule has 7 nitrogen and oxygen atoms in total. The summed E-state index contributed by atoms with van der Waals surface area (Å²) in [7, 11) is 0. The second-order valence-electron chi connectivity index (χ2n) is 6.28. The van der Waals surface area contributed by atoms with E-state index in [4.69, 9.17) is 4.74 Å². The van der Waals surface area contributed by atoms with Crippen molar-refractivity contribution in [1.82, 2.24) is 14.4 Å².